The van der Waals surface area contributed by atoms with Gasteiger partial charge in [0.25, 0.3) is 5.56 Å². The molecule has 1 aromatic heterocycles. The average Bonchev–Trinajstić information content (AvgIpc) is 3.34. The van der Waals surface area contributed by atoms with Crippen LogP contribution in [0.3, 0.4) is 0 Å². The van der Waals surface area contributed by atoms with E-state index in [0.717, 1.165) is 18.5 Å². The Balaban J connectivity index is 1.82. The molecule has 1 N–H and O–H groups in total. The van der Waals surface area contributed by atoms with E-state index in [9.17, 15) is 9.59 Å². The summed E-state index contributed by atoms with van der Waals surface area (Å²) in [7, 11) is 0. The van der Waals surface area contributed by atoms with Crippen molar-refractivity contribution in [3.63, 3.8) is 0 Å². The Morgan fingerprint density at radius 2 is 2.05 bits per heavy atom. The number of nitrogens with one attached hydrogen (secondary N) is 1. The Morgan fingerprint density at radius 3 is 2.73 bits per heavy atom. The minimum atomic E-state index is -0.706. The molecule has 1 aliphatic carbocycles. The summed E-state index contributed by atoms with van der Waals surface area (Å²) in [4.78, 5) is 24.3. The Bertz CT molecular complexity index is 768. The van der Waals surface area contributed by atoms with Crippen molar-refractivity contribution in [2.45, 2.75) is 31.7 Å². The van der Waals surface area contributed by atoms with Crippen LogP contribution in [0.4, 0.5) is 5.69 Å². The summed E-state index contributed by atoms with van der Waals surface area (Å²) in [6.45, 7) is 1.65. The summed E-state index contributed by atoms with van der Waals surface area (Å²) < 4.78 is 1.24. The molecule has 0 unspecified atom stereocenters. The van der Waals surface area contributed by atoms with Gasteiger partial charge >= 0.3 is 0 Å². The number of amides is 1. The van der Waals surface area contributed by atoms with Crippen molar-refractivity contribution in [2.24, 2.45) is 0 Å². The molecule has 0 radical (unpaired) electrons. The minimum absolute atomic E-state index is 0.286. The molecular formula is C16H16ClN3O2. The maximum absolute atomic E-state index is 12.3. The van der Waals surface area contributed by atoms with Crippen LogP contribution in [0.25, 0.3) is 0 Å². The van der Waals surface area contributed by atoms with Crippen molar-refractivity contribution >= 4 is 23.2 Å². The molecule has 1 heterocycles. The molecule has 0 bridgehead atoms. The molecule has 3 rings (SSSR count). The van der Waals surface area contributed by atoms with Gasteiger partial charge < -0.3 is 5.32 Å². The van der Waals surface area contributed by atoms with E-state index >= 15 is 0 Å². The van der Waals surface area contributed by atoms with Gasteiger partial charge in [0.15, 0.2) is 0 Å². The maximum Gasteiger partial charge on any atom is 0.267 e. The van der Waals surface area contributed by atoms with Gasteiger partial charge in [-0.1, -0.05) is 23.7 Å². The van der Waals surface area contributed by atoms with Crippen molar-refractivity contribution in [3.05, 3.63) is 57.5 Å². The third-order valence-corrected chi connectivity index (χ3v) is 4.05. The van der Waals surface area contributed by atoms with E-state index in [1.54, 1.807) is 37.3 Å². The molecular weight excluding hydrogens is 302 g/mol. The lowest BCUT2D eigenvalue weighted by Crippen LogP contribution is -2.33. The summed E-state index contributed by atoms with van der Waals surface area (Å²) in [5.41, 5.74) is 1.11. The Morgan fingerprint density at radius 1 is 1.32 bits per heavy atom. The topological polar surface area (TPSA) is 64.0 Å². The van der Waals surface area contributed by atoms with Gasteiger partial charge in [0.1, 0.15) is 6.04 Å². The SMILES string of the molecule is C[C@H](C(=O)Nc1ccccc1Cl)n1nc(C2CC2)ccc1=O. The molecule has 5 nitrogen and oxygen atoms in total. The zero-order chi connectivity index (χ0) is 15.7. The number of aromatic nitrogens is 2. The third-order valence-electron chi connectivity index (χ3n) is 3.72. The maximum atomic E-state index is 12.3. The number of carbonyl (C=O) groups is 1. The molecule has 0 saturated heterocycles. The molecule has 1 amide bonds. The van der Waals surface area contributed by atoms with Crippen LogP contribution in [0.15, 0.2) is 41.2 Å². The van der Waals surface area contributed by atoms with E-state index in [1.807, 2.05) is 0 Å². The number of halogens is 1. The van der Waals surface area contributed by atoms with Crippen LogP contribution in [0.2, 0.25) is 5.02 Å². The first-order valence-corrected chi connectivity index (χ1v) is 7.59. The van der Waals surface area contributed by atoms with Crippen LogP contribution in [0.5, 0.6) is 0 Å². The predicted octanol–water partition coefficient (Wildman–Crippen LogP) is 2.97. The molecule has 22 heavy (non-hydrogen) atoms. The molecule has 1 fully saturated rings. The Hall–Kier alpha value is -2.14. The highest BCUT2D eigenvalue weighted by molar-refractivity contribution is 6.33. The normalized spacial score (nSPS) is 15.4. The van der Waals surface area contributed by atoms with E-state index in [4.69, 9.17) is 11.6 Å². The Labute approximate surface area is 132 Å². The minimum Gasteiger partial charge on any atom is -0.323 e. The fourth-order valence-corrected chi connectivity index (χ4v) is 2.41. The number of hydrogen-bond donors (Lipinski definition) is 1. The molecule has 114 valence electrons. The van der Waals surface area contributed by atoms with E-state index < -0.39 is 6.04 Å². The van der Waals surface area contributed by atoms with Crippen molar-refractivity contribution in [1.29, 1.82) is 0 Å². The van der Waals surface area contributed by atoms with Crippen LogP contribution in [0, 0.1) is 0 Å². The lowest BCUT2D eigenvalue weighted by atomic mass is 10.2. The molecule has 1 atom stereocenters. The van der Waals surface area contributed by atoms with Crippen molar-refractivity contribution < 1.29 is 4.79 Å². The second-order valence-electron chi connectivity index (χ2n) is 5.46. The van der Waals surface area contributed by atoms with E-state index in [-0.39, 0.29) is 11.5 Å². The number of hydrogen-bond acceptors (Lipinski definition) is 3. The quantitative estimate of drug-likeness (QED) is 0.943. The van der Waals surface area contributed by atoms with Gasteiger partial charge in [-0.05, 0) is 38.0 Å². The number of rotatable bonds is 4. The fraction of sp³-hybridized carbons (Fsp3) is 0.312. The van der Waals surface area contributed by atoms with Gasteiger partial charge in [-0.3, -0.25) is 9.59 Å². The number of carbonyl (C=O) groups excluding carboxylic acids is 1. The van der Waals surface area contributed by atoms with Crippen molar-refractivity contribution in [3.8, 4) is 0 Å². The predicted molar refractivity (Wildman–Crippen MR) is 85.3 cm³/mol. The van der Waals surface area contributed by atoms with E-state index in [2.05, 4.69) is 10.4 Å². The highest BCUT2D eigenvalue weighted by Crippen LogP contribution is 2.38. The molecule has 6 heteroatoms. The van der Waals surface area contributed by atoms with Crippen LogP contribution in [-0.4, -0.2) is 15.7 Å². The number of anilines is 1. The fourth-order valence-electron chi connectivity index (χ4n) is 2.23. The first-order valence-electron chi connectivity index (χ1n) is 7.21. The van der Waals surface area contributed by atoms with E-state index in [1.165, 1.54) is 10.7 Å². The van der Waals surface area contributed by atoms with Crippen LogP contribution in [-0.2, 0) is 4.79 Å². The monoisotopic (exact) mass is 317 g/mol. The summed E-state index contributed by atoms with van der Waals surface area (Å²) in [5.74, 6) is 0.0984. The number of nitrogens with zero attached hydrogens (tertiary/aromatic N) is 2. The van der Waals surface area contributed by atoms with Crippen LogP contribution >= 0.6 is 11.6 Å². The smallest absolute Gasteiger partial charge is 0.267 e. The van der Waals surface area contributed by atoms with Gasteiger partial charge in [-0.2, -0.15) is 5.10 Å². The first-order chi connectivity index (χ1) is 10.6. The van der Waals surface area contributed by atoms with Gasteiger partial charge in [0.05, 0.1) is 16.4 Å². The van der Waals surface area contributed by atoms with Crippen molar-refractivity contribution in [2.75, 3.05) is 5.32 Å². The molecule has 0 aliphatic heterocycles. The molecule has 1 saturated carbocycles. The lowest BCUT2D eigenvalue weighted by Gasteiger charge is -2.15. The van der Waals surface area contributed by atoms with Gasteiger partial charge in [-0.15, -0.1) is 0 Å². The average molecular weight is 318 g/mol. The van der Waals surface area contributed by atoms with Gasteiger partial charge in [0, 0.05) is 12.0 Å². The molecule has 1 aromatic carbocycles. The summed E-state index contributed by atoms with van der Waals surface area (Å²) in [5, 5.41) is 7.51. The van der Waals surface area contributed by atoms with Gasteiger partial charge in [0.2, 0.25) is 5.91 Å². The van der Waals surface area contributed by atoms with Crippen LogP contribution < -0.4 is 10.9 Å². The summed E-state index contributed by atoms with van der Waals surface area (Å²) >= 11 is 6.03. The number of para-hydroxylation sites is 1. The highest BCUT2D eigenvalue weighted by atomic mass is 35.5. The zero-order valence-corrected chi connectivity index (χ0v) is 12.9. The summed E-state index contributed by atoms with van der Waals surface area (Å²) in [6.07, 6.45) is 2.18. The van der Waals surface area contributed by atoms with E-state index in [0.29, 0.717) is 16.6 Å². The number of benzene rings is 1. The largest absolute Gasteiger partial charge is 0.323 e. The Kier molecular flexibility index (Phi) is 3.98. The first kappa shape index (κ1) is 14.8. The van der Waals surface area contributed by atoms with Crippen molar-refractivity contribution in [1.82, 2.24) is 9.78 Å². The standard InChI is InChI=1S/C16H16ClN3O2/c1-10(16(22)18-14-5-3-2-4-12(14)17)20-15(21)9-8-13(19-20)11-6-7-11/h2-5,8-11H,6-7H2,1H3,(H,18,22)/t10-/m1/s1. The molecule has 0 spiro atoms. The zero-order valence-electron chi connectivity index (χ0n) is 12.1. The van der Waals surface area contributed by atoms with Gasteiger partial charge in [-0.25, -0.2) is 4.68 Å². The lowest BCUT2D eigenvalue weighted by molar-refractivity contribution is -0.119. The second kappa shape index (κ2) is 5.93. The second-order valence-corrected chi connectivity index (χ2v) is 5.87. The molecule has 2 aromatic rings. The summed E-state index contributed by atoms with van der Waals surface area (Å²) in [6, 6.07) is 9.48. The molecule has 1 aliphatic rings. The third kappa shape index (κ3) is 3.04. The van der Waals surface area contributed by atoms with Crippen LogP contribution in [0.1, 0.15) is 37.4 Å². The highest BCUT2D eigenvalue weighted by Gasteiger charge is 2.27.